The first-order valence-corrected chi connectivity index (χ1v) is 23.2. The minimum atomic E-state index is -3.35. The number of thiazole rings is 5. The number of azide groups is 1. The predicted octanol–water partition coefficient (Wildman–Crippen LogP) is 1.73. The zero-order valence-electron chi connectivity index (χ0n) is 33.5. The maximum atomic E-state index is 10.6. The van der Waals surface area contributed by atoms with Crippen molar-refractivity contribution in [1.29, 1.82) is 0 Å². The molecule has 5 aromatic rings. The van der Waals surface area contributed by atoms with Crippen LogP contribution in [0.1, 0.15) is 67.2 Å². The maximum absolute atomic E-state index is 10.6. The molecule has 0 spiro atoms. The van der Waals surface area contributed by atoms with Gasteiger partial charge in [0.2, 0.25) is 9.05 Å². The minimum absolute atomic E-state index is 0. The Kier molecular flexibility index (Phi) is 46.0. The van der Waals surface area contributed by atoms with E-state index in [0.717, 1.165) is 62.3 Å². The Hall–Kier alpha value is -1.83. The minimum Gasteiger partial charge on any atom is -1.00 e. The summed E-state index contributed by atoms with van der Waals surface area (Å²) < 4.78 is 44.5. The average Bonchev–Trinajstić information content (AvgIpc) is 3.94. The van der Waals surface area contributed by atoms with Crippen LogP contribution in [0.25, 0.3) is 26.4 Å². The maximum Gasteiger partial charge on any atom is 1.00 e. The SMILES string of the molecule is C.CS(=O)(=O)Cl.Cc1csc(C=O)n1.Cc1csc(CN)n1.Cc1csc(CN=[N+]=[N-])n1.Cc1csc(CO)n1.Cc1csc(COS(C)(=O)=O)n1.[B].[H-].[Li+].[N-]=[N+]=[N-].[Na+]. The molecule has 0 bridgehead atoms. The van der Waals surface area contributed by atoms with Crippen LogP contribution in [0.4, 0.5) is 0 Å². The summed E-state index contributed by atoms with van der Waals surface area (Å²) in [6, 6.07) is 0. The van der Waals surface area contributed by atoms with E-state index in [1.807, 2.05) is 61.5 Å². The van der Waals surface area contributed by atoms with Gasteiger partial charge in [0.05, 0.1) is 30.7 Å². The predicted molar refractivity (Wildman–Crippen MR) is 230 cm³/mol. The van der Waals surface area contributed by atoms with Gasteiger partial charge in [-0.15, -0.1) is 56.7 Å². The molecule has 0 aliphatic rings. The van der Waals surface area contributed by atoms with Crippen LogP contribution in [0, 0.1) is 34.6 Å². The van der Waals surface area contributed by atoms with Gasteiger partial charge < -0.3 is 23.3 Å². The summed E-state index contributed by atoms with van der Waals surface area (Å²) in [7, 11) is -2.04. The molecule has 30 heteroatoms. The van der Waals surface area contributed by atoms with Crippen LogP contribution in [0.3, 0.4) is 0 Å². The molecule has 0 unspecified atom stereocenters. The van der Waals surface area contributed by atoms with E-state index in [4.69, 9.17) is 27.4 Å². The van der Waals surface area contributed by atoms with Gasteiger partial charge in [0.1, 0.15) is 21.6 Å². The number of aliphatic hydroxyl groups excluding tert-OH is 1. The first-order valence-electron chi connectivity index (χ1n) is 14.3. The van der Waals surface area contributed by atoms with E-state index in [-0.39, 0.29) is 78.9 Å². The number of carbonyl (C=O) groups is 1. The Morgan fingerprint density at radius 1 is 0.793 bits per heavy atom. The van der Waals surface area contributed by atoms with Gasteiger partial charge in [0, 0.05) is 85.9 Å². The zero-order chi connectivity index (χ0) is 41.7. The number of hydrogen-bond donors (Lipinski definition) is 2. The van der Waals surface area contributed by atoms with Gasteiger partial charge in [0.15, 0.2) is 11.3 Å². The molecular formula is C28H43BClLiN12NaO7S7. The molecule has 0 amide bonds. The fourth-order valence-corrected chi connectivity index (χ4v) is 6.24. The van der Waals surface area contributed by atoms with Crippen molar-refractivity contribution in [2.24, 2.45) is 10.8 Å². The van der Waals surface area contributed by atoms with E-state index in [0.29, 0.717) is 23.1 Å². The Balaban J connectivity index is -0.000000108. The second-order valence-corrected chi connectivity index (χ2v) is 18.8. The summed E-state index contributed by atoms with van der Waals surface area (Å²) in [6.45, 7) is 10.6. The third-order valence-corrected chi connectivity index (χ3v) is 9.65. The molecule has 0 saturated carbocycles. The zero-order valence-corrected chi connectivity index (χ0v) is 41.0. The third kappa shape index (κ3) is 43.7. The van der Waals surface area contributed by atoms with Crippen molar-refractivity contribution in [3.05, 3.63) is 107 Å². The van der Waals surface area contributed by atoms with Crippen LogP contribution in [-0.4, -0.2) is 74.1 Å². The number of carbonyl (C=O) groups excluding carboxylic acids is 1. The number of aldehydes is 1. The third-order valence-electron chi connectivity index (χ3n) is 4.38. The van der Waals surface area contributed by atoms with Crippen LogP contribution in [0.5, 0.6) is 0 Å². The molecule has 0 aliphatic carbocycles. The number of aromatic nitrogens is 5. The molecule has 311 valence electrons. The van der Waals surface area contributed by atoms with Crippen molar-refractivity contribution in [3.63, 3.8) is 0 Å². The Morgan fingerprint density at radius 2 is 1.14 bits per heavy atom. The molecule has 5 aromatic heterocycles. The number of rotatable bonds is 8. The first kappa shape index (κ1) is 67.9. The molecule has 0 saturated heterocycles. The largest absolute Gasteiger partial charge is 1.00 e. The number of aliphatic hydroxyl groups is 1. The van der Waals surface area contributed by atoms with Gasteiger partial charge in [-0.3, -0.25) is 13.9 Å². The molecular weight excluding hydrogens is 917 g/mol. The average molecular weight is 960 g/mol. The van der Waals surface area contributed by atoms with Crippen LogP contribution < -0.4 is 54.2 Å². The van der Waals surface area contributed by atoms with Crippen LogP contribution in [-0.2, 0) is 49.7 Å². The van der Waals surface area contributed by atoms with E-state index in [1.54, 1.807) is 11.3 Å². The topological polar surface area (TPSA) is 313 Å². The number of aryl methyl sites for hydroxylation is 5. The fourth-order valence-electron chi connectivity index (χ4n) is 2.59. The van der Waals surface area contributed by atoms with E-state index in [9.17, 15) is 21.6 Å². The Morgan fingerprint density at radius 3 is 1.36 bits per heavy atom. The summed E-state index contributed by atoms with van der Waals surface area (Å²) in [4.78, 5) is 34.2. The van der Waals surface area contributed by atoms with Crippen molar-refractivity contribution in [3.8, 4) is 0 Å². The van der Waals surface area contributed by atoms with Crippen molar-refractivity contribution in [1.82, 2.24) is 24.9 Å². The van der Waals surface area contributed by atoms with Crippen molar-refractivity contribution < 1.29 is 80.8 Å². The Bertz CT molecular complexity index is 2070. The van der Waals surface area contributed by atoms with Crippen molar-refractivity contribution in [2.75, 3.05) is 12.5 Å². The smallest absolute Gasteiger partial charge is 1.00 e. The van der Waals surface area contributed by atoms with Crippen molar-refractivity contribution in [2.45, 2.75) is 68.3 Å². The molecule has 0 aromatic carbocycles. The van der Waals surface area contributed by atoms with E-state index in [2.05, 4.69) is 49.8 Å². The second kappa shape index (κ2) is 39.3. The quantitative estimate of drug-likeness (QED) is 0.0426. The van der Waals surface area contributed by atoms with Crippen LogP contribution in [0.15, 0.2) is 32.0 Å². The van der Waals surface area contributed by atoms with Crippen LogP contribution >= 0.6 is 67.4 Å². The molecule has 5 rings (SSSR count). The van der Waals surface area contributed by atoms with Gasteiger partial charge in [0.25, 0.3) is 10.1 Å². The first-order chi connectivity index (χ1) is 25.2. The number of halogens is 1. The molecule has 0 aliphatic heterocycles. The Labute approximate surface area is 401 Å². The van der Waals surface area contributed by atoms with E-state index >= 15 is 0 Å². The van der Waals surface area contributed by atoms with Crippen molar-refractivity contribution >= 4 is 101 Å². The standard InChI is InChI=1S/C6H9NO3S2.C5H6N4S.C5H8N2S.C5H7NOS.C5H5NOS.CH3ClO2S.CH4.B.Li.N3.Na.H/c1-5-4-11-6(7-5)3-10-12(2,8)9;1-4-3-10-5(8-4)2-7-9-6;1-4-3-8-5(2-6)7-4;2*1-4-3-8-5(2-7)6-4;1-5(2,3)4;;;;1-3-2;;/h4H,3H2,1-2H3;3H,2H2,1H3;3H,2,6H2,1H3;3,7H,2H2,1H3;2-3H,1H3;1H3;1H4;;;;;/q;;;;;;;;+1;-1;+1;-1. The van der Waals surface area contributed by atoms with Gasteiger partial charge in [-0.25, -0.2) is 33.3 Å². The van der Waals surface area contributed by atoms with E-state index < -0.39 is 19.2 Å². The molecule has 3 radical (unpaired) electrons. The summed E-state index contributed by atoms with van der Waals surface area (Å²) in [5.74, 6) is 0. The van der Waals surface area contributed by atoms with Gasteiger partial charge >= 0.3 is 48.4 Å². The van der Waals surface area contributed by atoms with Gasteiger partial charge in [-0.1, -0.05) is 12.5 Å². The number of nitrogens with two attached hydrogens (primary N) is 1. The molecule has 0 atom stereocenters. The summed E-state index contributed by atoms with van der Waals surface area (Å²) >= 11 is 7.38. The molecule has 19 nitrogen and oxygen atoms in total. The molecule has 5 heterocycles. The monoisotopic (exact) mass is 959 g/mol. The fraction of sp³-hybridized carbons (Fsp3) is 0.429. The summed E-state index contributed by atoms with van der Waals surface area (Å²) in [5.41, 5.74) is 31.6. The second-order valence-electron chi connectivity index (χ2n) is 9.46. The summed E-state index contributed by atoms with van der Waals surface area (Å²) in [5, 5.41) is 25.4. The van der Waals surface area contributed by atoms with E-state index in [1.165, 1.54) is 50.3 Å². The van der Waals surface area contributed by atoms with Gasteiger partial charge in [-0.05, 0) is 40.1 Å². The van der Waals surface area contributed by atoms with Crippen LogP contribution in [0.2, 0.25) is 0 Å². The number of nitrogens with zero attached hydrogens (tertiary/aromatic N) is 11. The normalized spacial score (nSPS) is 9.07. The molecule has 58 heavy (non-hydrogen) atoms. The van der Waals surface area contributed by atoms with Gasteiger partial charge in [-0.2, -0.15) is 8.42 Å². The molecule has 0 fully saturated rings. The number of hydrogen-bond acceptors (Lipinski definition) is 19. The summed E-state index contributed by atoms with van der Waals surface area (Å²) in [6.07, 6.45) is 2.71. The molecule has 3 N–H and O–H groups in total.